The van der Waals surface area contributed by atoms with Gasteiger partial charge in [-0.05, 0) is 23.6 Å². The molecule has 1 aliphatic heterocycles. The van der Waals surface area contributed by atoms with E-state index in [-0.39, 0.29) is 23.8 Å². The third-order valence-corrected chi connectivity index (χ3v) is 5.69. The minimum Gasteiger partial charge on any atom is -0.461 e. The second kappa shape index (κ2) is 9.99. The molecule has 1 aliphatic rings. The van der Waals surface area contributed by atoms with Gasteiger partial charge in [-0.1, -0.05) is 72.8 Å². The van der Waals surface area contributed by atoms with Crippen LogP contribution in [0.2, 0.25) is 0 Å². The number of amides is 2. The standard InChI is InChI=1S/C26H23N3O5/c1-17-23(24(28-26(31)27-17)20-13-8-14-21(15-20)29(32)33)25(30)34-16-22(18-9-4-2-5-10-18)19-11-6-3-7-12-19/h2-15,22,24H,16H2,1H3,(H2,27,28,31). The highest BCUT2D eigenvalue weighted by Crippen LogP contribution is 2.31. The molecule has 2 amide bonds. The van der Waals surface area contributed by atoms with Gasteiger partial charge in [0.25, 0.3) is 5.69 Å². The van der Waals surface area contributed by atoms with Crippen molar-refractivity contribution in [1.82, 2.24) is 10.6 Å². The first-order valence-corrected chi connectivity index (χ1v) is 10.7. The molecule has 3 aromatic carbocycles. The molecule has 0 aromatic heterocycles. The van der Waals surface area contributed by atoms with E-state index in [0.717, 1.165) is 11.1 Å². The molecule has 0 radical (unpaired) electrons. The quantitative estimate of drug-likeness (QED) is 0.306. The Balaban J connectivity index is 1.62. The highest BCUT2D eigenvalue weighted by atomic mass is 16.6. The van der Waals surface area contributed by atoms with Crippen LogP contribution in [0.4, 0.5) is 10.5 Å². The molecular weight excluding hydrogens is 434 g/mol. The summed E-state index contributed by atoms with van der Waals surface area (Å²) in [6.07, 6.45) is 0. The summed E-state index contributed by atoms with van der Waals surface area (Å²) in [4.78, 5) is 36.1. The van der Waals surface area contributed by atoms with Gasteiger partial charge in [-0.25, -0.2) is 9.59 Å². The first-order chi connectivity index (χ1) is 16.4. The highest BCUT2D eigenvalue weighted by molar-refractivity contribution is 5.95. The smallest absolute Gasteiger partial charge is 0.338 e. The lowest BCUT2D eigenvalue weighted by molar-refractivity contribution is -0.384. The Labute approximate surface area is 196 Å². The van der Waals surface area contributed by atoms with E-state index in [1.807, 2.05) is 60.7 Å². The molecule has 4 rings (SSSR count). The van der Waals surface area contributed by atoms with Crippen molar-refractivity contribution in [2.24, 2.45) is 0 Å². The van der Waals surface area contributed by atoms with Crippen LogP contribution in [0.3, 0.4) is 0 Å². The van der Waals surface area contributed by atoms with Gasteiger partial charge in [0, 0.05) is 23.7 Å². The first-order valence-electron chi connectivity index (χ1n) is 10.7. The number of ether oxygens (including phenoxy) is 1. The molecule has 0 saturated heterocycles. The molecule has 34 heavy (non-hydrogen) atoms. The van der Waals surface area contributed by atoms with Crippen molar-refractivity contribution >= 4 is 17.7 Å². The maximum atomic E-state index is 13.3. The predicted octanol–water partition coefficient (Wildman–Crippen LogP) is 4.60. The number of nitro groups is 1. The van der Waals surface area contributed by atoms with Crippen LogP contribution >= 0.6 is 0 Å². The van der Waals surface area contributed by atoms with Gasteiger partial charge in [0.05, 0.1) is 16.5 Å². The SMILES string of the molecule is CC1=C(C(=O)OCC(c2ccccc2)c2ccccc2)C(c2cccc([N+](=O)[O-])c2)NC(=O)N1. The fourth-order valence-corrected chi connectivity index (χ4v) is 4.02. The molecule has 0 spiro atoms. The van der Waals surface area contributed by atoms with Crippen LogP contribution in [0.1, 0.15) is 35.6 Å². The summed E-state index contributed by atoms with van der Waals surface area (Å²) in [6.45, 7) is 1.69. The minimum atomic E-state index is -0.881. The van der Waals surface area contributed by atoms with E-state index in [4.69, 9.17) is 4.74 Å². The van der Waals surface area contributed by atoms with Gasteiger partial charge in [0.15, 0.2) is 0 Å². The van der Waals surface area contributed by atoms with Crippen LogP contribution in [0, 0.1) is 10.1 Å². The predicted molar refractivity (Wildman–Crippen MR) is 126 cm³/mol. The van der Waals surface area contributed by atoms with E-state index in [1.54, 1.807) is 13.0 Å². The van der Waals surface area contributed by atoms with Gasteiger partial charge >= 0.3 is 12.0 Å². The van der Waals surface area contributed by atoms with Crippen molar-refractivity contribution < 1.29 is 19.2 Å². The van der Waals surface area contributed by atoms with Gasteiger partial charge in [0.2, 0.25) is 0 Å². The number of rotatable bonds is 7. The minimum absolute atomic E-state index is 0.0826. The largest absolute Gasteiger partial charge is 0.461 e. The molecule has 2 N–H and O–H groups in total. The van der Waals surface area contributed by atoms with E-state index in [9.17, 15) is 19.7 Å². The number of esters is 1. The van der Waals surface area contributed by atoms with E-state index >= 15 is 0 Å². The summed E-state index contributed by atoms with van der Waals surface area (Å²) in [6, 6.07) is 23.9. The summed E-state index contributed by atoms with van der Waals surface area (Å²) < 4.78 is 5.77. The molecular formula is C26H23N3O5. The Morgan fingerprint density at radius 1 is 1.00 bits per heavy atom. The van der Waals surface area contributed by atoms with Crippen molar-refractivity contribution in [2.75, 3.05) is 6.61 Å². The first kappa shape index (κ1) is 22.7. The number of non-ortho nitro benzene ring substituents is 1. The maximum Gasteiger partial charge on any atom is 0.338 e. The van der Waals surface area contributed by atoms with Gasteiger partial charge in [-0.2, -0.15) is 0 Å². The van der Waals surface area contributed by atoms with E-state index in [2.05, 4.69) is 10.6 Å². The topological polar surface area (TPSA) is 111 Å². The van der Waals surface area contributed by atoms with Gasteiger partial charge in [-0.15, -0.1) is 0 Å². The number of nitro benzene ring substituents is 1. The average molecular weight is 457 g/mol. The number of nitrogens with one attached hydrogen (secondary N) is 2. The molecule has 3 aromatic rings. The van der Waals surface area contributed by atoms with Crippen LogP contribution in [0.15, 0.2) is 96.2 Å². The lowest BCUT2D eigenvalue weighted by atomic mass is 9.92. The number of urea groups is 1. The van der Waals surface area contributed by atoms with Crippen molar-refractivity contribution in [3.63, 3.8) is 0 Å². The molecule has 172 valence electrons. The summed E-state index contributed by atoms with van der Waals surface area (Å²) in [5, 5.41) is 16.5. The van der Waals surface area contributed by atoms with Crippen LogP contribution in [0.25, 0.3) is 0 Å². The molecule has 1 heterocycles. The monoisotopic (exact) mass is 457 g/mol. The van der Waals surface area contributed by atoms with E-state index in [0.29, 0.717) is 11.3 Å². The van der Waals surface area contributed by atoms with Crippen molar-refractivity contribution in [1.29, 1.82) is 0 Å². The van der Waals surface area contributed by atoms with Crippen LogP contribution in [0.5, 0.6) is 0 Å². The lowest BCUT2D eigenvalue weighted by Gasteiger charge is -2.28. The third kappa shape index (κ3) is 4.96. The Bertz CT molecular complexity index is 1200. The number of benzene rings is 3. The number of nitrogens with zero attached hydrogens (tertiary/aromatic N) is 1. The second-order valence-corrected chi connectivity index (χ2v) is 7.89. The van der Waals surface area contributed by atoms with Gasteiger partial charge < -0.3 is 15.4 Å². The number of carbonyl (C=O) groups excluding carboxylic acids is 2. The Morgan fingerprint density at radius 3 is 2.21 bits per heavy atom. The fourth-order valence-electron chi connectivity index (χ4n) is 4.02. The molecule has 0 saturated carbocycles. The number of hydrogen-bond donors (Lipinski definition) is 2. The molecule has 1 atom stereocenters. The third-order valence-electron chi connectivity index (χ3n) is 5.69. The van der Waals surface area contributed by atoms with Crippen molar-refractivity contribution in [2.45, 2.75) is 18.9 Å². The summed E-state index contributed by atoms with van der Waals surface area (Å²) in [7, 11) is 0. The highest BCUT2D eigenvalue weighted by Gasteiger charge is 2.33. The zero-order valence-corrected chi connectivity index (χ0v) is 18.4. The number of allylic oxidation sites excluding steroid dienone is 1. The van der Waals surface area contributed by atoms with Gasteiger partial charge in [-0.3, -0.25) is 10.1 Å². The Morgan fingerprint density at radius 2 is 1.62 bits per heavy atom. The Kier molecular flexibility index (Phi) is 6.68. The van der Waals surface area contributed by atoms with Crippen LogP contribution in [-0.2, 0) is 9.53 Å². The zero-order chi connectivity index (χ0) is 24.1. The molecule has 0 bridgehead atoms. The number of carbonyl (C=O) groups is 2. The summed E-state index contributed by atoms with van der Waals surface area (Å²) in [5.74, 6) is -0.798. The van der Waals surface area contributed by atoms with E-state index in [1.165, 1.54) is 18.2 Å². The van der Waals surface area contributed by atoms with Crippen molar-refractivity contribution in [3.8, 4) is 0 Å². The van der Waals surface area contributed by atoms with Crippen LogP contribution in [-0.4, -0.2) is 23.5 Å². The molecule has 0 fully saturated rings. The lowest BCUT2D eigenvalue weighted by Crippen LogP contribution is -2.45. The molecule has 1 unspecified atom stereocenters. The average Bonchev–Trinajstić information content (AvgIpc) is 2.85. The fraction of sp³-hybridized carbons (Fsp3) is 0.154. The zero-order valence-electron chi connectivity index (χ0n) is 18.4. The van der Waals surface area contributed by atoms with Crippen LogP contribution < -0.4 is 10.6 Å². The summed E-state index contributed by atoms with van der Waals surface area (Å²) >= 11 is 0. The maximum absolute atomic E-state index is 13.3. The normalized spacial score (nSPS) is 15.5. The second-order valence-electron chi connectivity index (χ2n) is 7.89. The van der Waals surface area contributed by atoms with Gasteiger partial charge in [0.1, 0.15) is 6.61 Å². The Hall–Kier alpha value is -4.46. The van der Waals surface area contributed by atoms with E-state index < -0.39 is 23.0 Å². The van der Waals surface area contributed by atoms with Crippen molar-refractivity contribution in [3.05, 3.63) is 123 Å². The number of hydrogen-bond acceptors (Lipinski definition) is 5. The molecule has 8 heteroatoms. The molecule has 8 nitrogen and oxygen atoms in total. The molecule has 0 aliphatic carbocycles. The summed E-state index contributed by atoms with van der Waals surface area (Å²) in [5.41, 5.74) is 2.80.